The summed E-state index contributed by atoms with van der Waals surface area (Å²) in [4.78, 5) is 24.9. The first-order chi connectivity index (χ1) is 13.8. The number of nitrogens with one attached hydrogen (secondary N) is 1. The van der Waals surface area contributed by atoms with Gasteiger partial charge in [0.15, 0.2) is 4.33 Å². The van der Waals surface area contributed by atoms with Crippen LogP contribution in [-0.4, -0.2) is 16.0 Å². The summed E-state index contributed by atoms with van der Waals surface area (Å²) in [6.07, 6.45) is 3.12. The van der Waals surface area contributed by atoms with Gasteiger partial charge in [-0.1, -0.05) is 59.6 Å². The molecular weight excluding hydrogens is 409 g/mol. The monoisotopic (exact) mass is 429 g/mol. The highest BCUT2D eigenvalue weighted by atomic mass is 35.5. The van der Waals surface area contributed by atoms with Crippen LogP contribution in [0, 0.1) is 5.92 Å². The van der Waals surface area contributed by atoms with Crippen LogP contribution in [0.5, 0.6) is 0 Å². The highest BCUT2D eigenvalue weighted by Gasteiger charge is 2.43. The highest BCUT2D eigenvalue weighted by molar-refractivity contribution is 6.51. The zero-order valence-electron chi connectivity index (χ0n) is 15.6. The fourth-order valence-corrected chi connectivity index (χ4v) is 3.74. The predicted molar refractivity (Wildman–Crippen MR) is 118 cm³/mol. The summed E-state index contributed by atoms with van der Waals surface area (Å²) in [6, 6.07) is 16.1. The van der Waals surface area contributed by atoms with Crippen LogP contribution in [0.3, 0.4) is 0 Å². The molecule has 0 radical (unpaired) electrons. The van der Waals surface area contributed by atoms with Gasteiger partial charge in [-0.25, -0.2) is 0 Å². The summed E-state index contributed by atoms with van der Waals surface area (Å²) in [6.45, 7) is 0. The minimum atomic E-state index is -1.46. The van der Waals surface area contributed by atoms with E-state index in [0.29, 0.717) is 11.4 Å². The standard InChI is InChI=1S/C22H21Cl2N3O2/c23-22(24)19(12-17(28)13-21(29)27-16-4-2-1-3-5-16)18(10-11-20(22)26)14-6-8-15(25)9-7-14/h1-11,19H,12-13,25-26H2,(H,27,29). The molecular formula is C22H21Cl2N3O2. The molecule has 0 aliphatic heterocycles. The average molecular weight is 430 g/mol. The quantitative estimate of drug-likeness (QED) is 0.362. The Labute approximate surface area is 179 Å². The summed E-state index contributed by atoms with van der Waals surface area (Å²) in [7, 11) is 0. The Kier molecular flexibility index (Phi) is 6.30. The minimum absolute atomic E-state index is 0.0278. The first-order valence-corrected chi connectivity index (χ1v) is 9.81. The van der Waals surface area contributed by atoms with Crippen molar-refractivity contribution in [3.8, 4) is 0 Å². The first-order valence-electron chi connectivity index (χ1n) is 9.05. The van der Waals surface area contributed by atoms with E-state index in [-0.39, 0.29) is 24.3 Å². The van der Waals surface area contributed by atoms with E-state index < -0.39 is 16.2 Å². The number of rotatable bonds is 6. The molecule has 150 valence electrons. The molecule has 0 bridgehead atoms. The first kappa shape index (κ1) is 21.0. The third kappa shape index (κ3) is 5.00. The lowest BCUT2D eigenvalue weighted by atomic mass is 9.81. The van der Waals surface area contributed by atoms with Crippen molar-refractivity contribution in [3.05, 3.63) is 78.0 Å². The van der Waals surface area contributed by atoms with Gasteiger partial charge in [0, 0.05) is 29.4 Å². The highest BCUT2D eigenvalue weighted by Crippen LogP contribution is 2.47. The van der Waals surface area contributed by atoms with Crippen molar-refractivity contribution >= 4 is 51.8 Å². The number of para-hydroxylation sites is 1. The smallest absolute Gasteiger partial charge is 0.231 e. The molecule has 2 aromatic carbocycles. The number of halogens is 2. The van der Waals surface area contributed by atoms with Gasteiger partial charge in [-0.2, -0.15) is 0 Å². The maximum Gasteiger partial charge on any atom is 0.231 e. The van der Waals surface area contributed by atoms with Crippen LogP contribution >= 0.6 is 23.2 Å². The number of ketones is 1. The number of hydrogen-bond acceptors (Lipinski definition) is 4. The van der Waals surface area contributed by atoms with E-state index in [1.54, 1.807) is 48.6 Å². The molecule has 0 heterocycles. The van der Waals surface area contributed by atoms with Crippen molar-refractivity contribution in [2.24, 2.45) is 11.7 Å². The van der Waals surface area contributed by atoms with Crippen molar-refractivity contribution in [1.82, 2.24) is 0 Å². The molecule has 0 spiro atoms. The Morgan fingerprint density at radius 1 is 0.966 bits per heavy atom. The Morgan fingerprint density at radius 2 is 1.62 bits per heavy atom. The van der Waals surface area contributed by atoms with Gasteiger partial charge in [0.2, 0.25) is 5.91 Å². The zero-order valence-corrected chi connectivity index (χ0v) is 17.1. The summed E-state index contributed by atoms with van der Waals surface area (Å²) in [5.41, 5.74) is 14.9. The third-order valence-corrected chi connectivity index (χ3v) is 5.69. The van der Waals surface area contributed by atoms with Gasteiger partial charge in [-0.15, -0.1) is 0 Å². The van der Waals surface area contributed by atoms with Crippen molar-refractivity contribution in [2.75, 3.05) is 11.1 Å². The topological polar surface area (TPSA) is 98.2 Å². The Balaban J connectivity index is 1.76. The largest absolute Gasteiger partial charge is 0.400 e. The van der Waals surface area contributed by atoms with Crippen LogP contribution in [0.25, 0.3) is 5.57 Å². The molecule has 0 saturated carbocycles. The molecule has 1 unspecified atom stereocenters. The molecule has 2 aromatic rings. The van der Waals surface area contributed by atoms with Crippen LogP contribution in [0.4, 0.5) is 11.4 Å². The molecule has 29 heavy (non-hydrogen) atoms. The number of anilines is 2. The maximum absolute atomic E-state index is 12.7. The molecule has 1 atom stereocenters. The number of hydrogen-bond donors (Lipinski definition) is 3. The minimum Gasteiger partial charge on any atom is -0.400 e. The second kappa shape index (κ2) is 8.72. The van der Waals surface area contributed by atoms with E-state index in [1.165, 1.54) is 0 Å². The van der Waals surface area contributed by atoms with Crippen LogP contribution in [0.2, 0.25) is 0 Å². The number of alkyl halides is 2. The molecule has 3 rings (SSSR count). The third-order valence-electron chi connectivity index (χ3n) is 4.73. The van der Waals surface area contributed by atoms with E-state index in [9.17, 15) is 9.59 Å². The molecule has 0 fully saturated rings. The predicted octanol–water partition coefficient (Wildman–Crippen LogP) is 4.29. The second-order valence-electron chi connectivity index (χ2n) is 6.88. The van der Waals surface area contributed by atoms with E-state index in [0.717, 1.165) is 11.1 Å². The lowest BCUT2D eigenvalue weighted by molar-refractivity contribution is -0.125. The molecule has 1 aliphatic carbocycles. The van der Waals surface area contributed by atoms with E-state index in [2.05, 4.69) is 5.32 Å². The van der Waals surface area contributed by atoms with Crippen LogP contribution < -0.4 is 16.8 Å². The summed E-state index contributed by atoms with van der Waals surface area (Å²) in [5.74, 6) is -1.28. The molecule has 1 aliphatic rings. The molecule has 7 heteroatoms. The molecule has 5 N–H and O–H groups in total. The Hall–Kier alpha value is -2.76. The summed E-state index contributed by atoms with van der Waals surface area (Å²) in [5, 5.41) is 2.70. The fourth-order valence-electron chi connectivity index (χ4n) is 3.22. The van der Waals surface area contributed by atoms with Gasteiger partial charge in [0.1, 0.15) is 5.78 Å². The number of nitrogen functional groups attached to an aromatic ring is 1. The van der Waals surface area contributed by atoms with Crippen molar-refractivity contribution in [2.45, 2.75) is 17.2 Å². The molecule has 5 nitrogen and oxygen atoms in total. The Morgan fingerprint density at radius 3 is 2.28 bits per heavy atom. The van der Waals surface area contributed by atoms with Crippen LogP contribution in [0.15, 0.2) is 72.4 Å². The van der Waals surface area contributed by atoms with Crippen molar-refractivity contribution in [1.29, 1.82) is 0 Å². The van der Waals surface area contributed by atoms with Gasteiger partial charge < -0.3 is 16.8 Å². The summed E-state index contributed by atoms with van der Waals surface area (Å²) >= 11 is 13.1. The van der Waals surface area contributed by atoms with E-state index >= 15 is 0 Å². The number of allylic oxidation sites excluding steroid dienone is 4. The van der Waals surface area contributed by atoms with Gasteiger partial charge in [-0.05, 0) is 41.5 Å². The molecule has 0 saturated heterocycles. The number of carbonyl (C=O) groups excluding carboxylic acids is 2. The van der Waals surface area contributed by atoms with Gasteiger partial charge in [0.05, 0.1) is 6.42 Å². The SMILES string of the molecule is NC1=CC=C(c2ccc(N)cc2)C(CC(=O)CC(=O)Nc2ccccc2)C1(Cl)Cl. The van der Waals surface area contributed by atoms with Gasteiger partial charge in [0.25, 0.3) is 0 Å². The summed E-state index contributed by atoms with van der Waals surface area (Å²) < 4.78 is -1.46. The number of amides is 1. The maximum atomic E-state index is 12.7. The number of benzene rings is 2. The lowest BCUT2D eigenvalue weighted by Crippen LogP contribution is -2.36. The van der Waals surface area contributed by atoms with Crippen LogP contribution in [-0.2, 0) is 9.59 Å². The van der Waals surface area contributed by atoms with Crippen molar-refractivity contribution < 1.29 is 9.59 Å². The lowest BCUT2D eigenvalue weighted by Gasteiger charge is -2.35. The van der Waals surface area contributed by atoms with Gasteiger partial charge >= 0.3 is 0 Å². The fraction of sp³-hybridized carbons (Fsp3) is 0.182. The molecule has 0 aromatic heterocycles. The van der Waals surface area contributed by atoms with E-state index in [1.807, 2.05) is 18.2 Å². The van der Waals surface area contributed by atoms with E-state index in [4.69, 9.17) is 34.7 Å². The van der Waals surface area contributed by atoms with Crippen molar-refractivity contribution in [3.63, 3.8) is 0 Å². The van der Waals surface area contributed by atoms with Crippen LogP contribution in [0.1, 0.15) is 18.4 Å². The molecule has 1 amide bonds. The van der Waals surface area contributed by atoms with Gasteiger partial charge in [-0.3, -0.25) is 9.59 Å². The number of Topliss-reactive ketones (excluding diaryl/α,β-unsaturated/α-hetero) is 1. The average Bonchev–Trinajstić information content (AvgIpc) is 2.67. The normalized spacial score (nSPS) is 17.8. The Bertz CT molecular complexity index is 967. The zero-order chi connectivity index (χ0) is 21.0. The number of carbonyl (C=O) groups is 2. The second-order valence-corrected chi connectivity index (χ2v) is 8.26. The number of nitrogens with two attached hydrogens (primary N) is 2.